The highest BCUT2D eigenvalue weighted by atomic mass is 35.5. The van der Waals surface area contributed by atoms with Crippen LogP contribution in [0, 0.1) is 0 Å². The Balaban J connectivity index is 1.42. The summed E-state index contributed by atoms with van der Waals surface area (Å²) in [6.45, 7) is 0.138. The van der Waals surface area contributed by atoms with Gasteiger partial charge in [0, 0.05) is 21.9 Å². The third-order valence-corrected chi connectivity index (χ3v) is 6.34. The van der Waals surface area contributed by atoms with E-state index in [4.69, 9.17) is 16.3 Å². The van der Waals surface area contributed by atoms with Crippen LogP contribution in [0.2, 0.25) is 5.02 Å². The van der Waals surface area contributed by atoms with Crippen LogP contribution in [0.1, 0.15) is 41.1 Å². The largest absolute Gasteiger partial charge is 0.461 e. The molecule has 27 heavy (non-hydrogen) atoms. The van der Waals surface area contributed by atoms with Gasteiger partial charge in [-0.25, -0.2) is 4.98 Å². The molecule has 0 saturated heterocycles. The van der Waals surface area contributed by atoms with E-state index in [-0.39, 0.29) is 24.6 Å². The van der Waals surface area contributed by atoms with E-state index >= 15 is 0 Å². The summed E-state index contributed by atoms with van der Waals surface area (Å²) < 4.78 is 5.27. The van der Waals surface area contributed by atoms with Gasteiger partial charge in [0.1, 0.15) is 17.3 Å². The third kappa shape index (κ3) is 3.92. The van der Waals surface area contributed by atoms with Gasteiger partial charge < -0.3 is 9.72 Å². The van der Waals surface area contributed by atoms with Crippen LogP contribution in [0.15, 0.2) is 29.1 Å². The molecule has 1 aliphatic carbocycles. The van der Waals surface area contributed by atoms with E-state index in [9.17, 15) is 9.59 Å². The van der Waals surface area contributed by atoms with Crippen LogP contribution in [-0.2, 0) is 35.4 Å². The van der Waals surface area contributed by atoms with Gasteiger partial charge in [0.2, 0.25) is 0 Å². The zero-order valence-electron chi connectivity index (χ0n) is 14.7. The number of H-pyrrole nitrogens is 1. The van der Waals surface area contributed by atoms with Crippen LogP contribution in [-0.4, -0.2) is 15.9 Å². The Morgan fingerprint density at radius 3 is 2.93 bits per heavy atom. The number of carbonyl (C=O) groups is 1. The molecule has 0 atom stereocenters. The maximum absolute atomic E-state index is 12.5. The number of esters is 1. The number of nitrogens with zero attached hydrogens (tertiary/aromatic N) is 1. The number of halogens is 1. The van der Waals surface area contributed by atoms with Gasteiger partial charge in [-0.15, -0.1) is 11.3 Å². The SMILES string of the molecule is O=C(CCc1nc2sc3c(c2c(=O)[nH]1)CCCC3)OCc1ccccc1Cl. The number of aromatic nitrogens is 2. The Morgan fingerprint density at radius 2 is 2.07 bits per heavy atom. The molecule has 2 aromatic heterocycles. The summed E-state index contributed by atoms with van der Waals surface area (Å²) in [5.74, 6) is 0.184. The lowest BCUT2D eigenvalue weighted by molar-refractivity contribution is -0.144. The maximum Gasteiger partial charge on any atom is 0.306 e. The molecule has 1 N–H and O–H groups in total. The van der Waals surface area contributed by atoms with Gasteiger partial charge in [0.15, 0.2) is 0 Å². The van der Waals surface area contributed by atoms with E-state index in [0.717, 1.165) is 35.0 Å². The monoisotopic (exact) mass is 402 g/mol. The molecule has 1 aliphatic rings. The number of thiophene rings is 1. The Hall–Kier alpha value is -2.18. The number of benzene rings is 1. The molecule has 0 bridgehead atoms. The summed E-state index contributed by atoms with van der Waals surface area (Å²) in [6.07, 6.45) is 4.77. The van der Waals surface area contributed by atoms with Crippen molar-refractivity contribution in [1.29, 1.82) is 0 Å². The maximum atomic E-state index is 12.5. The molecule has 1 aromatic carbocycles. The number of rotatable bonds is 5. The molecule has 0 saturated carbocycles. The van der Waals surface area contributed by atoms with Crippen LogP contribution < -0.4 is 5.56 Å². The van der Waals surface area contributed by atoms with E-state index in [2.05, 4.69) is 9.97 Å². The number of hydrogen-bond acceptors (Lipinski definition) is 5. The highest BCUT2D eigenvalue weighted by molar-refractivity contribution is 7.18. The van der Waals surface area contributed by atoms with Gasteiger partial charge in [0.25, 0.3) is 5.56 Å². The average molecular weight is 403 g/mol. The highest BCUT2D eigenvalue weighted by Gasteiger charge is 2.20. The number of nitrogens with one attached hydrogen (secondary N) is 1. The van der Waals surface area contributed by atoms with Gasteiger partial charge >= 0.3 is 5.97 Å². The van der Waals surface area contributed by atoms with Crippen molar-refractivity contribution in [1.82, 2.24) is 9.97 Å². The summed E-state index contributed by atoms with van der Waals surface area (Å²) in [5.41, 5.74) is 1.84. The Labute approximate surface area is 165 Å². The van der Waals surface area contributed by atoms with Crippen molar-refractivity contribution in [3.05, 3.63) is 61.5 Å². The first-order valence-electron chi connectivity index (χ1n) is 9.04. The molecule has 0 spiro atoms. The minimum atomic E-state index is -0.344. The van der Waals surface area contributed by atoms with Crippen LogP contribution in [0.3, 0.4) is 0 Å². The molecule has 3 aromatic rings. The molecule has 0 amide bonds. The number of carbonyl (C=O) groups excluding carboxylic acids is 1. The average Bonchev–Trinajstić information content (AvgIpc) is 3.04. The fraction of sp³-hybridized carbons (Fsp3) is 0.350. The Bertz CT molecular complexity index is 1060. The van der Waals surface area contributed by atoms with Gasteiger partial charge in [-0.1, -0.05) is 29.8 Å². The molecule has 0 unspecified atom stereocenters. The lowest BCUT2D eigenvalue weighted by Crippen LogP contribution is -2.14. The molecule has 2 heterocycles. The van der Waals surface area contributed by atoms with Crippen molar-refractivity contribution in [2.24, 2.45) is 0 Å². The first-order valence-corrected chi connectivity index (χ1v) is 10.2. The minimum Gasteiger partial charge on any atom is -0.461 e. The zero-order valence-corrected chi connectivity index (χ0v) is 16.3. The van der Waals surface area contributed by atoms with Gasteiger partial charge in [0.05, 0.1) is 11.8 Å². The van der Waals surface area contributed by atoms with Crippen molar-refractivity contribution < 1.29 is 9.53 Å². The summed E-state index contributed by atoms with van der Waals surface area (Å²) in [4.78, 5) is 34.0. The summed E-state index contributed by atoms with van der Waals surface area (Å²) in [5, 5.41) is 1.31. The molecule has 0 aliphatic heterocycles. The summed E-state index contributed by atoms with van der Waals surface area (Å²) in [6, 6.07) is 7.25. The second-order valence-electron chi connectivity index (χ2n) is 6.66. The van der Waals surface area contributed by atoms with Crippen molar-refractivity contribution in [2.75, 3.05) is 0 Å². The molecule has 7 heteroatoms. The molecule has 0 fully saturated rings. The van der Waals surface area contributed by atoms with Gasteiger partial charge in [-0.3, -0.25) is 9.59 Å². The molecule has 4 rings (SSSR count). The fourth-order valence-corrected chi connectivity index (χ4v) is 4.86. The second kappa shape index (κ2) is 7.82. The molecular formula is C20H19ClN2O3S. The van der Waals surface area contributed by atoms with E-state index in [1.807, 2.05) is 18.2 Å². The topological polar surface area (TPSA) is 72.0 Å². The highest BCUT2D eigenvalue weighted by Crippen LogP contribution is 2.33. The van der Waals surface area contributed by atoms with E-state index in [1.54, 1.807) is 17.4 Å². The minimum absolute atomic E-state index is 0.0983. The van der Waals surface area contributed by atoms with Crippen LogP contribution in [0.5, 0.6) is 0 Å². The molecule has 140 valence electrons. The molecular weight excluding hydrogens is 384 g/mol. The number of fused-ring (bicyclic) bond motifs is 3. The fourth-order valence-electron chi connectivity index (χ4n) is 3.39. The van der Waals surface area contributed by atoms with Crippen molar-refractivity contribution in [3.63, 3.8) is 0 Å². The predicted octanol–water partition coefficient (Wildman–Crippen LogP) is 4.19. The predicted molar refractivity (Wildman–Crippen MR) is 106 cm³/mol. The number of aryl methyl sites for hydroxylation is 3. The van der Waals surface area contributed by atoms with Crippen molar-refractivity contribution in [3.8, 4) is 0 Å². The van der Waals surface area contributed by atoms with Crippen LogP contribution >= 0.6 is 22.9 Å². The number of aromatic amines is 1. The van der Waals surface area contributed by atoms with E-state index in [1.165, 1.54) is 16.9 Å². The summed E-state index contributed by atoms with van der Waals surface area (Å²) >= 11 is 7.67. The smallest absolute Gasteiger partial charge is 0.306 e. The molecule has 0 radical (unpaired) electrons. The zero-order chi connectivity index (χ0) is 18.8. The lowest BCUT2D eigenvalue weighted by Gasteiger charge is -2.09. The van der Waals surface area contributed by atoms with Crippen molar-refractivity contribution in [2.45, 2.75) is 45.1 Å². The summed E-state index contributed by atoms with van der Waals surface area (Å²) in [7, 11) is 0. The van der Waals surface area contributed by atoms with E-state index < -0.39 is 0 Å². The quantitative estimate of drug-likeness (QED) is 0.649. The van der Waals surface area contributed by atoms with Crippen LogP contribution in [0.25, 0.3) is 10.2 Å². The van der Waals surface area contributed by atoms with Crippen molar-refractivity contribution >= 4 is 39.1 Å². The lowest BCUT2D eigenvalue weighted by atomic mass is 9.97. The first kappa shape index (κ1) is 18.2. The van der Waals surface area contributed by atoms with Gasteiger partial charge in [-0.2, -0.15) is 0 Å². The molecule has 5 nitrogen and oxygen atoms in total. The number of hydrogen-bond donors (Lipinski definition) is 1. The Morgan fingerprint density at radius 1 is 1.26 bits per heavy atom. The normalized spacial score (nSPS) is 13.5. The Kier molecular flexibility index (Phi) is 5.27. The van der Waals surface area contributed by atoms with E-state index in [0.29, 0.717) is 17.3 Å². The third-order valence-electron chi connectivity index (χ3n) is 4.79. The second-order valence-corrected chi connectivity index (χ2v) is 8.15. The number of ether oxygens (including phenoxy) is 1. The van der Waals surface area contributed by atoms with Crippen LogP contribution in [0.4, 0.5) is 0 Å². The first-order chi connectivity index (χ1) is 13.1. The van der Waals surface area contributed by atoms with Gasteiger partial charge in [-0.05, 0) is 37.3 Å². The standard InChI is InChI=1S/C20H19ClN2O3S/c21-14-7-3-1-5-12(14)11-26-17(24)10-9-16-22-19(25)18-13-6-2-4-8-15(13)27-20(18)23-16/h1,3,5,7H,2,4,6,8-11H2,(H,22,23,25).